The molecular formula is C15H22Cl4N3O4PS. The summed E-state index contributed by atoms with van der Waals surface area (Å²) < 4.78 is 22.9. The molecule has 0 saturated heterocycles. The molecule has 0 aliphatic rings. The Kier molecular flexibility index (Phi) is 13.4. The molecule has 0 amide bonds. The second-order valence-electron chi connectivity index (χ2n) is 5.30. The van der Waals surface area contributed by atoms with E-state index in [1.165, 1.54) is 23.9 Å². The Hall–Kier alpha value is 0.240. The van der Waals surface area contributed by atoms with E-state index in [4.69, 9.17) is 50.9 Å². The number of thioether (sulfide) groups is 1. The molecule has 0 aliphatic heterocycles. The summed E-state index contributed by atoms with van der Waals surface area (Å²) in [5.41, 5.74) is 0.00161. The van der Waals surface area contributed by atoms with Crippen molar-refractivity contribution < 1.29 is 14.0 Å². The summed E-state index contributed by atoms with van der Waals surface area (Å²) in [5, 5.41) is 10.7. The predicted molar refractivity (Wildman–Crippen MR) is 119 cm³/mol. The van der Waals surface area contributed by atoms with Crippen LogP contribution < -0.4 is 0 Å². The monoisotopic (exact) mass is 511 g/mol. The van der Waals surface area contributed by atoms with Crippen LogP contribution in [0.3, 0.4) is 0 Å². The first-order valence-corrected chi connectivity index (χ1v) is 12.9. The molecule has 0 fully saturated rings. The highest BCUT2D eigenvalue weighted by Crippen LogP contribution is 2.55. The van der Waals surface area contributed by atoms with Crippen molar-refractivity contribution >= 4 is 71.5 Å². The zero-order chi connectivity index (χ0) is 21.0. The number of benzene rings is 1. The van der Waals surface area contributed by atoms with E-state index in [2.05, 4.69) is 0 Å². The molecule has 1 aromatic carbocycles. The summed E-state index contributed by atoms with van der Waals surface area (Å²) in [6.07, 6.45) is 0. The van der Waals surface area contributed by atoms with Gasteiger partial charge >= 0.3 is 7.67 Å². The smallest absolute Gasteiger partial charge is 0.295 e. The third-order valence-corrected chi connectivity index (χ3v) is 7.97. The minimum atomic E-state index is -3.47. The van der Waals surface area contributed by atoms with Gasteiger partial charge in [0.1, 0.15) is 5.94 Å². The quantitative estimate of drug-likeness (QED) is 0.0784. The van der Waals surface area contributed by atoms with Gasteiger partial charge in [0, 0.05) is 66.7 Å². The van der Waals surface area contributed by atoms with E-state index in [9.17, 15) is 14.7 Å². The summed E-state index contributed by atoms with van der Waals surface area (Å²) in [4.78, 5) is 11.0. The fourth-order valence-electron chi connectivity index (χ4n) is 2.29. The number of hydrogen-bond donors (Lipinski definition) is 0. The highest BCUT2D eigenvalue weighted by Gasteiger charge is 2.38. The minimum absolute atomic E-state index is 0.00161. The van der Waals surface area contributed by atoms with E-state index in [0.717, 1.165) is 4.90 Å². The van der Waals surface area contributed by atoms with Crippen molar-refractivity contribution in [2.45, 2.75) is 4.90 Å². The molecule has 7 nitrogen and oxygen atoms in total. The molecule has 0 radical (unpaired) electrons. The number of nitro benzene ring substituents is 1. The largest absolute Gasteiger partial charge is 0.347 e. The van der Waals surface area contributed by atoms with Crippen LogP contribution in [-0.4, -0.2) is 69.9 Å². The predicted octanol–water partition coefficient (Wildman–Crippen LogP) is 5.33. The zero-order valence-electron chi connectivity index (χ0n) is 15.0. The number of nitro groups is 1. The van der Waals surface area contributed by atoms with Crippen LogP contribution in [0.5, 0.6) is 0 Å². The van der Waals surface area contributed by atoms with Gasteiger partial charge in [-0.05, 0) is 12.1 Å². The summed E-state index contributed by atoms with van der Waals surface area (Å²) in [7, 11) is -3.47. The van der Waals surface area contributed by atoms with Crippen molar-refractivity contribution in [2.75, 3.05) is 55.6 Å². The average Bonchev–Trinajstić information content (AvgIpc) is 2.68. The maximum absolute atomic E-state index is 13.8. The Morgan fingerprint density at radius 1 is 0.929 bits per heavy atom. The maximum atomic E-state index is 13.8. The van der Waals surface area contributed by atoms with E-state index in [-0.39, 0.29) is 35.1 Å². The first-order chi connectivity index (χ1) is 13.4. The highest BCUT2D eigenvalue weighted by molar-refractivity contribution is 7.99. The van der Waals surface area contributed by atoms with Gasteiger partial charge in [-0.2, -0.15) is 0 Å². The van der Waals surface area contributed by atoms with Gasteiger partial charge in [-0.25, -0.2) is 9.34 Å². The Morgan fingerprint density at radius 2 is 1.36 bits per heavy atom. The van der Waals surface area contributed by atoms with E-state index < -0.39 is 12.6 Å². The second-order valence-corrected chi connectivity index (χ2v) is 10.2. The lowest BCUT2D eigenvalue weighted by Gasteiger charge is -2.37. The fourth-order valence-corrected chi connectivity index (χ4v) is 6.90. The third-order valence-electron chi connectivity index (χ3n) is 3.58. The van der Waals surface area contributed by atoms with Gasteiger partial charge in [0.25, 0.3) is 5.69 Å². The van der Waals surface area contributed by atoms with Gasteiger partial charge in [-0.3, -0.25) is 19.2 Å². The summed E-state index contributed by atoms with van der Waals surface area (Å²) in [6, 6.07) is 6.04. The molecule has 0 N–H and O–H groups in total. The van der Waals surface area contributed by atoms with Gasteiger partial charge in [-0.15, -0.1) is 46.4 Å². The standard InChI is InChI=1S/C15H22Cl4N3O4PS/c16-5-9-20(10-6-17)27(25,21(11-7-18)12-8-19)26-13-28-15-3-1-14(2-4-15)22(23)24/h1-4H,5-13H2. The van der Waals surface area contributed by atoms with Crippen LogP contribution in [-0.2, 0) is 9.09 Å². The molecule has 0 heterocycles. The molecule has 160 valence electrons. The summed E-state index contributed by atoms with van der Waals surface area (Å²) in [6.45, 7) is 1.31. The minimum Gasteiger partial charge on any atom is -0.295 e. The lowest BCUT2D eigenvalue weighted by molar-refractivity contribution is -0.384. The lowest BCUT2D eigenvalue weighted by atomic mass is 10.3. The highest BCUT2D eigenvalue weighted by atomic mass is 35.5. The van der Waals surface area contributed by atoms with Crippen molar-refractivity contribution in [3.63, 3.8) is 0 Å². The third kappa shape index (κ3) is 8.17. The molecule has 0 atom stereocenters. The number of alkyl halides is 4. The molecule has 0 bridgehead atoms. The van der Waals surface area contributed by atoms with Gasteiger partial charge < -0.3 is 0 Å². The van der Waals surface area contributed by atoms with E-state index >= 15 is 0 Å². The maximum Gasteiger partial charge on any atom is 0.347 e. The van der Waals surface area contributed by atoms with Crippen molar-refractivity contribution in [3.8, 4) is 0 Å². The van der Waals surface area contributed by atoms with Crippen molar-refractivity contribution in [2.24, 2.45) is 0 Å². The molecule has 28 heavy (non-hydrogen) atoms. The summed E-state index contributed by atoms with van der Waals surface area (Å²) >= 11 is 24.8. The van der Waals surface area contributed by atoms with E-state index in [1.807, 2.05) is 0 Å². The Labute approximate surface area is 189 Å². The van der Waals surface area contributed by atoms with Crippen LogP contribution in [0.4, 0.5) is 5.69 Å². The number of hydrogen-bond acceptors (Lipinski definition) is 5. The number of nitrogens with zero attached hydrogens (tertiary/aromatic N) is 3. The molecule has 0 unspecified atom stereocenters. The van der Waals surface area contributed by atoms with E-state index in [1.54, 1.807) is 21.5 Å². The molecule has 0 spiro atoms. The van der Waals surface area contributed by atoms with Crippen LogP contribution in [0, 0.1) is 10.1 Å². The number of halogens is 4. The van der Waals surface area contributed by atoms with Gasteiger partial charge in [-0.1, -0.05) is 11.8 Å². The first kappa shape index (κ1) is 26.3. The second kappa shape index (κ2) is 14.3. The van der Waals surface area contributed by atoms with Gasteiger partial charge in [0.15, 0.2) is 0 Å². The number of non-ortho nitro benzene ring substituents is 1. The molecule has 0 aromatic heterocycles. The molecule has 0 saturated carbocycles. The molecule has 1 aromatic rings. The lowest BCUT2D eigenvalue weighted by Crippen LogP contribution is -2.37. The van der Waals surface area contributed by atoms with Crippen LogP contribution in [0.25, 0.3) is 0 Å². The number of rotatable bonds is 15. The Balaban J connectivity index is 2.93. The van der Waals surface area contributed by atoms with Gasteiger partial charge in [0.05, 0.1) is 4.92 Å². The normalized spacial score (nSPS) is 12.1. The summed E-state index contributed by atoms with van der Waals surface area (Å²) in [5.74, 6) is 1.10. The Bertz CT molecular complexity index is 612. The fraction of sp³-hybridized carbons (Fsp3) is 0.600. The molecule has 1 rings (SSSR count). The van der Waals surface area contributed by atoms with Gasteiger partial charge in [0.2, 0.25) is 0 Å². The first-order valence-electron chi connectivity index (χ1n) is 8.29. The van der Waals surface area contributed by atoms with E-state index in [0.29, 0.717) is 26.2 Å². The molecular weight excluding hydrogens is 491 g/mol. The van der Waals surface area contributed by atoms with Crippen molar-refractivity contribution in [3.05, 3.63) is 34.4 Å². The van der Waals surface area contributed by atoms with Crippen molar-refractivity contribution in [1.82, 2.24) is 9.34 Å². The zero-order valence-corrected chi connectivity index (χ0v) is 19.7. The molecule has 0 aliphatic carbocycles. The van der Waals surface area contributed by atoms with Crippen molar-refractivity contribution in [1.29, 1.82) is 0 Å². The van der Waals surface area contributed by atoms with Crippen LogP contribution in [0.15, 0.2) is 29.2 Å². The molecule has 13 heteroatoms. The topological polar surface area (TPSA) is 75.9 Å². The van der Waals surface area contributed by atoms with Crippen LogP contribution in [0.1, 0.15) is 0 Å². The average molecular weight is 513 g/mol. The Morgan fingerprint density at radius 3 is 1.71 bits per heavy atom. The van der Waals surface area contributed by atoms with Crippen LogP contribution in [0.2, 0.25) is 0 Å². The van der Waals surface area contributed by atoms with Crippen LogP contribution >= 0.6 is 65.8 Å². The SMILES string of the molecule is O=[N+]([O-])c1ccc(SCOP(=O)(N(CCCl)CCCl)N(CCCl)CCCl)cc1.